The summed E-state index contributed by atoms with van der Waals surface area (Å²) in [6, 6.07) is 0.301. The summed E-state index contributed by atoms with van der Waals surface area (Å²) in [5, 5.41) is 0. The summed E-state index contributed by atoms with van der Waals surface area (Å²) < 4.78 is 5.15. The first kappa shape index (κ1) is 11.5. The minimum Gasteiger partial charge on any atom is -0.448 e. The largest absolute Gasteiger partial charge is 0.448 e. The van der Waals surface area contributed by atoms with Gasteiger partial charge >= 0.3 is 6.09 Å². The van der Waals surface area contributed by atoms with E-state index in [9.17, 15) is 4.79 Å². The molecular formula is C13H21NO2. The van der Waals surface area contributed by atoms with Crippen LogP contribution in [0.2, 0.25) is 0 Å². The van der Waals surface area contributed by atoms with Gasteiger partial charge < -0.3 is 4.74 Å². The van der Waals surface area contributed by atoms with Crippen molar-refractivity contribution in [3.63, 3.8) is 0 Å². The highest BCUT2D eigenvalue weighted by Gasteiger charge is 2.58. The molecule has 0 saturated carbocycles. The van der Waals surface area contributed by atoms with Crippen LogP contribution in [-0.4, -0.2) is 23.6 Å². The van der Waals surface area contributed by atoms with Gasteiger partial charge in [-0.05, 0) is 12.8 Å². The van der Waals surface area contributed by atoms with E-state index < -0.39 is 0 Å². The van der Waals surface area contributed by atoms with E-state index in [0.717, 1.165) is 6.42 Å². The van der Waals surface area contributed by atoms with Gasteiger partial charge in [-0.2, -0.15) is 0 Å². The zero-order chi connectivity index (χ0) is 11.8. The lowest BCUT2D eigenvalue weighted by molar-refractivity contribution is 0.0498. The molecule has 0 aromatic carbocycles. The molecule has 3 nitrogen and oxygen atoms in total. The third-order valence-corrected chi connectivity index (χ3v) is 3.41. The van der Waals surface area contributed by atoms with E-state index in [-0.39, 0.29) is 11.5 Å². The van der Waals surface area contributed by atoms with Crippen LogP contribution in [-0.2, 0) is 4.74 Å². The van der Waals surface area contributed by atoms with E-state index >= 15 is 0 Å². The lowest BCUT2D eigenvalue weighted by Crippen LogP contribution is -2.37. The molecule has 3 heteroatoms. The molecule has 0 radical (unpaired) electrons. The standard InChI is InChI=1S/C13H21NO2/c1-4-5-6-7-8-10-11-13(2,3)9-16-12(15)14(10)11/h8,11H,4-7,9H2,1-3H3. The number of unbranched alkanes of at least 4 members (excludes halogenated alkanes) is 3. The predicted octanol–water partition coefficient (Wildman–Crippen LogP) is 3.31. The van der Waals surface area contributed by atoms with E-state index in [1.807, 2.05) is 0 Å². The summed E-state index contributed by atoms with van der Waals surface area (Å²) in [5.41, 5.74) is 1.26. The van der Waals surface area contributed by atoms with Crippen molar-refractivity contribution in [1.82, 2.24) is 4.90 Å². The van der Waals surface area contributed by atoms with Gasteiger partial charge in [-0.1, -0.05) is 39.7 Å². The average molecular weight is 223 g/mol. The Bertz CT molecular complexity index is 320. The van der Waals surface area contributed by atoms with Crippen LogP contribution in [0.1, 0.15) is 46.5 Å². The predicted molar refractivity (Wildman–Crippen MR) is 63.0 cm³/mol. The zero-order valence-corrected chi connectivity index (χ0v) is 10.5. The molecule has 0 aromatic rings. The molecule has 2 aliphatic heterocycles. The van der Waals surface area contributed by atoms with Crippen molar-refractivity contribution in [3.8, 4) is 0 Å². The van der Waals surface area contributed by atoms with Crippen LogP contribution in [0.5, 0.6) is 0 Å². The van der Waals surface area contributed by atoms with Crippen molar-refractivity contribution in [2.75, 3.05) is 6.61 Å². The molecule has 2 aliphatic rings. The van der Waals surface area contributed by atoms with E-state index in [1.165, 1.54) is 25.0 Å². The summed E-state index contributed by atoms with van der Waals surface area (Å²) in [4.78, 5) is 13.3. The van der Waals surface area contributed by atoms with Gasteiger partial charge in [-0.25, -0.2) is 4.79 Å². The topological polar surface area (TPSA) is 29.3 Å². The SMILES string of the molecule is CCCCCC=C1C2N1C(=O)OCC2(C)C. The Hall–Kier alpha value is -0.990. The highest BCUT2D eigenvalue weighted by molar-refractivity contribution is 5.78. The van der Waals surface area contributed by atoms with Crippen LogP contribution in [0, 0.1) is 5.41 Å². The first-order valence-electron chi connectivity index (χ1n) is 6.24. The maximum atomic E-state index is 11.5. The molecule has 0 N–H and O–H groups in total. The number of carbonyl (C=O) groups is 1. The Morgan fingerprint density at radius 2 is 2.25 bits per heavy atom. The van der Waals surface area contributed by atoms with E-state index in [0.29, 0.717) is 12.6 Å². The Kier molecular flexibility index (Phi) is 2.96. The molecule has 1 unspecified atom stereocenters. The number of fused-ring (bicyclic) bond motifs is 1. The van der Waals surface area contributed by atoms with Crippen molar-refractivity contribution in [3.05, 3.63) is 11.8 Å². The molecule has 0 bridgehead atoms. The Labute approximate surface area is 97.5 Å². The molecule has 1 atom stereocenters. The molecule has 2 saturated heterocycles. The number of hydrogen-bond acceptors (Lipinski definition) is 2. The molecule has 1 amide bonds. The van der Waals surface area contributed by atoms with Gasteiger partial charge in [0.05, 0.1) is 6.04 Å². The van der Waals surface area contributed by atoms with Crippen molar-refractivity contribution in [2.24, 2.45) is 5.41 Å². The van der Waals surface area contributed by atoms with Crippen molar-refractivity contribution in [2.45, 2.75) is 52.5 Å². The summed E-state index contributed by atoms with van der Waals surface area (Å²) in [6.45, 7) is 7.06. The van der Waals surface area contributed by atoms with E-state index in [2.05, 4.69) is 26.8 Å². The Morgan fingerprint density at radius 3 is 2.88 bits per heavy atom. The van der Waals surface area contributed by atoms with Crippen molar-refractivity contribution >= 4 is 6.09 Å². The van der Waals surface area contributed by atoms with Crippen LogP contribution < -0.4 is 0 Å². The minimum absolute atomic E-state index is 0.0739. The summed E-state index contributed by atoms with van der Waals surface area (Å²) >= 11 is 0. The van der Waals surface area contributed by atoms with Crippen LogP contribution in [0.4, 0.5) is 4.79 Å². The van der Waals surface area contributed by atoms with Gasteiger partial charge in [0, 0.05) is 11.1 Å². The van der Waals surface area contributed by atoms with Crippen LogP contribution >= 0.6 is 0 Å². The quantitative estimate of drug-likeness (QED) is 0.540. The summed E-state index contributed by atoms with van der Waals surface area (Å²) in [6.07, 6.45) is 6.86. The molecule has 2 heterocycles. The zero-order valence-electron chi connectivity index (χ0n) is 10.5. The number of hydrogen-bond donors (Lipinski definition) is 0. The van der Waals surface area contributed by atoms with Gasteiger partial charge in [0.25, 0.3) is 0 Å². The number of cyclic esters (lactones) is 1. The number of nitrogens with zero attached hydrogens (tertiary/aromatic N) is 1. The highest BCUT2D eigenvalue weighted by Crippen LogP contribution is 2.49. The van der Waals surface area contributed by atoms with Crippen LogP contribution in [0.15, 0.2) is 11.8 Å². The van der Waals surface area contributed by atoms with Crippen LogP contribution in [0.3, 0.4) is 0 Å². The Morgan fingerprint density at radius 1 is 1.50 bits per heavy atom. The highest BCUT2D eigenvalue weighted by atomic mass is 16.6. The molecular weight excluding hydrogens is 202 g/mol. The number of carbonyl (C=O) groups excluding carboxylic acids is 1. The third-order valence-electron chi connectivity index (χ3n) is 3.41. The fourth-order valence-electron chi connectivity index (χ4n) is 2.42. The molecule has 0 aromatic heterocycles. The van der Waals surface area contributed by atoms with Gasteiger partial charge in [0.2, 0.25) is 0 Å². The van der Waals surface area contributed by atoms with Crippen molar-refractivity contribution in [1.29, 1.82) is 0 Å². The van der Waals surface area contributed by atoms with Gasteiger partial charge in [-0.15, -0.1) is 0 Å². The van der Waals surface area contributed by atoms with Crippen molar-refractivity contribution < 1.29 is 9.53 Å². The molecule has 0 spiro atoms. The minimum atomic E-state index is -0.161. The fraction of sp³-hybridized carbons (Fsp3) is 0.769. The molecule has 0 aliphatic carbocycles. The maximum Gasteiger partial charge on any atom is 0.414 e. The first-order chi connectivity index (χ1) is 7.58. The summed E-state index contributed by atoms with van der Waals surface area (Å²) in [7, 11) is 0. The maximum absolute atomic E-state index is 11.5. The monoisotopic (exact) mass is 223 g/mol. The smallest absolute Gasteiger partial charge is 0.414 e. The lowest BCUT2D eigenvalue weighted by Gasteiger charge is -2.27. The first-order valence-corrected chi connectivity index (χ1v) is 6.24. The van der Waals surface area contributed by atoms with E-state index in [4.69, 9.17) is 4.74 Å². The number of rotatable bonds is 4. The molecule has 90 valence electrons. The Balaban J connectivity index is 1.95. The second-order valence-corrected chi connectivity index (χ2v) is 5.44. The number of ether oxygens (including phenoxy) is 1. The second kappa shape index (κ2) is 4.11. The average Bonchev–Trinajstić information content (AvgIpc) is 2.96. The third kappa shape index (κ3) is 1.95. The number of amides is 1. The normalized spacial score (nSPS) is 28.9. The van der Waals surface area contributed by atoms with Gasteiger partial charge in [0.1, 0.15) is 6.61 Å². The second-order valence-electron chi connectivity index (χ2n) is 5.44. The molecule has 2 fully saturated rings. The fourth-order valence-corrected chi connectivity index (χ4v) is 2.42. The van der Waals surface area contributed by atoms with E-state index in [1.54, 1.807) is 4.90 Å². The molecule has 16 heavy (non-hydrogen) atoms. The summed E-state index contributed by atoms with van der Waals surface area (Å²) in [5.74, 6) is 0. The lowest BCUT2D eigenvalue weighted by atomic mass is 9.88. The molecule has 2 rings (SSSR count). The number of allylic oxidation sites excluding steroid dienone is 1. The van der Waals surface area contributed by atoms with Gasteiger partial charge in [0.15, 0.2) is 0 Å². The van der Waals surface area contributed by atoms with Crippen LogP contribution in [0.25, 0.3) is 0 Å². The van der Waals surface area contributed by atoms with Gasteiger partial charge in [-0.3, -0.25) is 4.90 Å².